The van der Waals surface area contributed by atoms with E-state index in [9.17, 15) is 0 Å². The number of rotatable bonds is 1. The van der Waals surface area contributed by atoms with E-state index in [1.165, 1.54) is 35.2 Å². The van der Waals surface area contributed by atoms with Crippen molar-refractivity contribution >= 4 is 5.69 Å². The van der Waals surface area contributed by atoms with Crippen molar-refractivity contribution in [3.63, 3.8) is 0 Å². The van der Waals surface area contributed by atoms with Crippen molar-refractivity contribution in [3.05, 3.63) is 65.2 Å². The van der Waals surface area contributed by atoms with E-state index in [-0.39, 0.29) is 0 Å². The minimum Gasteiger partial charge on any atom is -0.378 e. The fourth-order valence-electron chi connectivity index (χ4n) is 2.65. The Morgan fingerprint density at radius 3 is 2.65 bits per heavy atom. The molecule has 2 aromatic rings. The molecule has 1 aliphatic heterocycles. The van der Waals surface area contributed by atoms with Crippen LogP contribution in [0.3, 0.4) is 0 Å². The molecule has 1 atom stereocenters. The Labute approximate surface area is 102 Å². The Morgan fingerprint density at radius 2 is 1.76 bits per heavy atom. The van der Waals surface area contributed by atoms with Crippen molar-refractivity contribution in [2.24, 2.45) is 0 Å². The summed E-state index contributed by atoms with van der Waals surface area (Å²) in [6.07, 6.45) is 2.35. The van der Waals surface area contributed by atoms with Crippen LogP contribution >= 0.6 is 0 Å². The number of benzene rings is 2. The molecule has 0 saturated heterocycles. The monoisotopic (exact) mass is 223 g/mol. The van der Waals surface area contributed by atoms with Gasteiger partial charge in [-0.05, 0) is 42.5 Å². The smallest absolute Gasteiger partial charge is 0.0519 e. The third-order valence-electron chi connectivity index (χ3n) is 3.61. The molecule has 86 valence electrons. The maximum absolute atomic E-state index is 3.65. The Balaban J connectivity index is 1.92. The van der Waals surface area contributed by atoms with Crippen molar-refractivity contribution in [2.75, 3.05) is 5.32 Å². The molecule has 1 heterocycles. The maximum Gasteiger partial charge on any atom is 0.0519 e. The van der Waals surface area contributed by atoms with E-state index in [1.54, 1.807) is 0 Å². The first-order chi connectivity index (χ1) is 8.34. The van der Waals surface area contributed by atoms with Crippen LogP contribution in [0.5, 0.6) is 0 Å². The van der Waals surface area contributed by atoms with Gasteiger partial charge in [0.2, 0.25) is 0 Å². The van der Waals surface area contributed by atoms with Crippen molar-refractivity contribution in [3.8, 4) is 0 Å². The molecule has 0 amide bonds. The number of para-hydroxylation sites is 1. The molecule has 0 spiro atoms. The van der Waals surface area contributed by atoms with Crippen molar-refractivity contribution < 1.29 is 0 Å². The fourth-order valence-corrected chi connectivity index (χ4v) is 2.65. The molecule has 17 heavy (non-hydrogen) atoms. The summed E-state index contributed by atoms with van der Waals surface area (Å²) in [7, 11) is 0. The quantitative estimate of drug-likeness (QED) is 0.767. The molecule has 1 aliphatic rings. The molecular weight excluding hydrogens is 206 g/mol. The molecule has 1 nitrogen and oxygen atoms in total. The number of nitrogens with one attached hydrogen (secondary N) is 1. The van der Waals surface area contributed by atoms with Gasteiger partial charge in [-0.15, -0.1) is 0 Å². The van der Waals surface area contributed by atoms with E-state index in [1.807, 2.05) is 0 Å². The lowest BCUT2D eigenvalue weighted by atomic mass is 9.91. The van der Waals surface area contributed by atoms with Gasteiger partial charge in [0.15, 0.2) is 0 Å². The Kier molecular flexibility index (Phi) is 2.60. The summed E-state index contributed by atoms with van der Waals surface area (Å²) in [6.45, 7) is 2.19. The largest absolute Gasteiger partial charge is 0.378 e. The summed E-state index contributed by atoms with van der Waals surface area (Å²) in [6, 6.07) is 17.8. The second-order valence-corrected chi connectivity index (χ2v) is 4.75. The Bertz CT molecular complexity index is 531. The summed E-state index contributed by atoms with van der Waals surface area (Å²) < 4.78 is 0. The highest BCUT2D eigenvalue weighted by Gasteiger charge is 2.19. The first-order valence-corrected chi connectivity index (χ1v) is 6.24. The SMILES string of the molecule is Cc1ccccc1[C@@H]1CCc2ccccc2N1. The predicted octanol–water partition coefficient (Wildman–Crippen LogP) is 4.09. The van der Waals surface area contributed by atoms with Gasteiger partial charge in [-0.3, -0.25) is 0 Å². The zero-order valence-corrected chi connectivity index (χ0v) is 10.1. The summed E-state index contributed by atoms with van der Waals surface area (Å²) >= 11 is 0. The van der Waals surface area contributed by atoms with Gasteiger partial charge >= 0.3 is 0 Å². The van der Waals surface area contributed by atoms with Crippen LogP contribution < -0.4 is 5.32 Å². The number of hydrogen-bond donors (Lipinski definition) is 1. The highest BCUT2D eigenvalue weighted by Crippen LogP contribution is 2.33. The zero-order valence-electron chi connectivity index (χ0n) is 10.1. The van der Waals surface area contributed by atoms with Crippen LogP contribution in [-0.4, -0.2) is 0 Å². The molecule has 0 bridgehead atoms. The first kappa shape index (κ1) is 10.4. The Hall–Kier alpha value is -1.76. The molecule has 0 radical (unpaired) electrons. The van der Waals surface area contributed by atoms with Crippen LogP contribution in [0.15, 0.2) is 48.5 Å². The number of hydrogen-bond acceptors (Lipinski definition) is 1. The molecule has 3 rings (SSSR count). The van der Waals surface area contributed by atoms with Gasteiger partial charge < -0.3 is 5.32 Å². The average Bonchev–Trinajstić information content (AvgIpc) is 2.39. The third kappa shape index (κ3) is 1.93. The first-order valence-electron chi connectivity index (χ1n) is 6.24. The second-order valence-electron chi connectivity index (χ2n) is 4.75. The summed E-state index contributed by atoms with van der Waals surface area (Å²) in [4.78, 5) is 0. The summed E-state index contributed by atoms with van der Waals surface area (Å²) in [5.41, 5.74) is 5.55. The van der Waals surface area contributed by atoms with Gasteiger partial charge in [0.05, 0.1) is 6.04 Å². The topological polar surface area (TPSA) is 12.0 Å². The lowest BCUT2D eigenvalue weighted by Gasteiger charge is -2.28. The highest BCUT2D eigenvalue weighted by molar-refractivity contribution is 5.55. The van der Waals surface area contributed by atoms with Crippen molar-refractivity contribution in [1.82, 2.24) is 0 Å². The molecular formula is C16H17N. The van der Waals surface area contributed by atoms with E-state index in [4.69, 9.17) is 0 Å². The van der Waals surface area contributed by atoms with Gasteiger partial charge in [0.1, 0.15) is 0 Å². The minimum absolute atomic E-state index is 0.464. The standard InChI is InChI=1S/C16H17N/c1-12-6-2-4-8-14(12)16-11-10-13-7-3-5-9-15(13)17-16/h2-9,16-17H,10-11H2,1H3/t16-/m0/s1. The molecule has 0 saturated carbocycles. The van der Waals surface area contributed by atoms with Crippen LogP contribution in [0.4, 0.5) is 5.69 Å². The summed E-state index contributed by atoms with van der Waals surface area (Å²) in [5, 5.41) is 3.65. The molecule has 2 aromatic carbocycles. The fraction of sp³-hybridized carbons (Fsp3) is 0.250. The van der Waals surface area contributed by atoms with Crippen LogP contribution in [0.1, 0.15) is 29.2 Å². The zero-order chi connectivity index (χ0) is 11.7. The van der Waals surface area contributed by atoms with Gasteiger partial charge in [-0.1, -0.05) is 42.5 Å². The minimum atomic E-state index is 0.464. The van der Waals surface area contributed by atoms with Crippen LogP contribution in [0.2, 0.25) is 0 Å². The molecule has 0 fully saturated rings. The molecule has 0 aromatic heterocycles. The van der Waals surface area contributed by atoms with Crippen LogP contribution in [-0.2, 0) is 6.42 Å². The second kappa shape index (κ2) is 4.25. The van der Waals surface area contributed by atoms with Gasteiger partial charge in [-0.2, -0.15) is 0 Å². The molecule has 0 aliphatic carbocycles. The van der Waals surface area contributed by atoms with E-state index in [0.29, 0.717) is 6.04 Å². The van der Waals surface area contributed by atoms with Crippen LogP contribution in [0.25, 0.3) is 0 Å². The number of anilines is 1. The van der Waals surface area contributed by atoms with E-state index in [2.05, 4.69) is 60.8 Å². The average molecular weight is 223 g/mol. The molecule has 1 heteroatoms. The summed E-state index contributed by atoms with van der Waals surface area (Å²) in [5.74, 6) is 0. The molecule has 1 N–H and O–H groups in total. The number of aryl methyl sites for hydroxylation is 2. The van der Waals surface area contributed by atoms with Crippen LogP contribution in [0, 0.1) is 6.92 Å². The van der Waals surface area contributed by atoms with Gasteiger partial charge in [0, 0.05) is 5.69 Å². The van der Waals surface area contributed by atoms with Crippen molar-refractivity contribution in [1.29, 1.82) is 0 Å². The highest BCUT2D eigenvalue weighted by atomic mass is 14.9. The van der Waals surface area contributed by atoms with E-state index in [0.717, 1.165) is 0 Å². The lowest BCUT2D eigenvalue weighted by Crippen LogP contribution is -2.18. The lowest BCUT2D eigenvalue weighted by molar-refractivity contribution is 0.664. The van der Waals surface area contributed by atoms with Gasteiger partial charge in [0.25, 0.3) is 0 Å². The van der Waals surface area contributed by atoms with E-state index >= 15 is 0 Å². The maximum atomic E-state index is 3.65. The third-order valence-corrected chi connectivity index (χ3v) is 3.61. The van der Waals surface area contributed by atoms with Crippen molar-refractivity contribution in [2.45, 2.75) is 25.8 Å². The van der Waals surface area contributed by atoms with E-state index < -0.39 is 0 Å². The van der Waals surface area contributed by atoms with Gasteiger partial charge in [-0.25, -0.2) is 0 Å². The normalized spacial score (nSPS) is 18.3. The number of fused-ring (bicyclic) bond motifs is 1. The predicted molar refractivity (Wildman–Crippen MR) is 72.3 cm³/mol. The Morgan fingerprint density at radius 1 is 1.00 bits per heavy atom. The molecule has 0 unspecified atom stereocenters.